The normalized spacial score (nSPS) is 11.3. The first-order valence-corrected chi connectivity index (χ1v) is 18.4. The minimum Gasteiger partial charge on any atom is -0.456 e. The maximum absolute atomic E-state index is 6.45. The molecule has 0 N–H and O–H groups in total. The fraction of sp³-hybridized carbons (Fsp3) is 0. The van der Waals surface area contributed by atoms with Crippen LogP contribution in [0.2, 0.25) is 0 Å². The first-order chi connectivity index (χ1) is 26.8. The predicted octanol–water partition coefficient (Wildman–Crippen LogP) is 14.9. The van der Waals surface area contributed by atoms with E-state index in [1.165, 1.54) is 49.7 Å². The number of nitrogens with zero attached hydrogens (tertiary/aromatic N) is 1. The highest BCUT2D eigenvalue weighted by molar-refractivity contribution is 6.08. The fourth-order valence-electron chi connectivity index (χ4n) is 7.89. The van der Waals surface area contributed by atoms with Crippen molar-refractivity contribution in [1.82, 2.24) is 0 Å². The molecule has 254 valence electrons. The van der Waals surface area contributed by atoms with E-state index < -0.39 is 0 Å². The van der Waals surface area contributed by atoms with E-state index in [2.05, 4.69) is 205 Å². The molecule has 0 unspecified atom stereocenters. The van der Waals surface area contributed by atoms with Crippen LogP contribution < -0.4 is 4.90 Å². The monoisotopic (exact) mass is 689 g/mol. The van der Waals surface area contributed by atoms with Gasteiger partial charge in [-0.15, -0.1) is 0 Å². The lowest BCUT2D eigenvalue weighted by molar-refractivity contribution is 0.669. The van der Waals surface area contributed by atoms with Crippen molar-refractivity contribution in [2.24, 2.45) is 0 Å². The molecule has 2 heteroatoms. The van der Waals surface area contributed by atoms with Crippen LogP contribution in [0.5, 0.6) is 0 Å². The van der Waals surface area contributed by atoms with Crippen LogP contribution in [0.1, 0.15) is 0 Å². The summed E-state index contributed by atoms with van der Waals surface area (Å²) in [4.78, 5) is 2.38. The van der Waals surface area contributed by atoms with Gasteiger partial charge in [0.15, 0.2) is 0 Å². The van der Waals surface area contributed by atoms with Crippen LogP contribution in [0.25, 0.3) is 77.2 Å². The van der Waals surface area contributed by atoms with Crippen LogP contribution >= 0.6 is 0 Å². The van der Waals surface area contributed by atoms with E-state index in [4.69, 9.17) is 4.42 Å². The Bertz CT molecular complexity index is 2910. The third-order valence-corrected chi connectivity index (χ3v) is 10.5. The minimum atomic E-state index is 0.864. The first-order valence-electron chi connectivity index (χ1n) is 18.4. The van der Waals surface area contributed by atoms with Gasteiger partial charge in [-0.3, -0.25) is 0 Å². The summed E-state index contributed by atoms with van der Waals surface area (Å²) >= 11 is 0. The Morgan fingerprint density at radius 2 is 0.889 bits per heavy atom. The number of benzene rings is 9. The van der Waals surface area contributed by atoms with E-state index in [0.29, 0.717) is 0 Å². The zero-order valence-corrected chi connectivity index (χ0v) is 29.6. The van der Waals surface area contributed by atoms with E-state index >= 15 is 0 Å². The van der Waals surface area contributed by atoms with Gasteiger partial charge >= 0.3 is 0 Å². The second kappa shape index (κ2) is 13.4. The van der Waals surface area contributed by atoms with Gasteiger partial charge in [0.2, 0.25) is 0 Å². The summed E-state index contributed by atoms with van der Waals surface area (Å²) in [6, 6.07) is 75.9. The number of hydrogen-bond donors (Lipinski definition) is 0. The van der Waals surface area contributed by atoms with E-state index in [1.807, 2.05) is 12.1 Å². The molecule has 1 aromatic heterocycles. The molecule has 0 radical (unpaired) electrons. The van der Waals surface area contributed by atoms with Crippen molar-refractivity contribution in [2.75, 3.05) is 4.90 Å². The molecule has 0 amide bonds. The van der Waals surface area contributed by atoms with Crippen molar-refractivity contribution in [2.45, 2.75) is 0 Å². The van der Waals surface area contributed by atoms with Crippen LogP contribution in [-0.4, -0.2) is 0 Å². The Hall–Kier alpha value is -7.16. The highest BCUT2D eigenvalue weighted by Gasteiger charge is 2.21. The highest BCUT2D eigenvalue weighted by atomic mass is 16.3. The van der Waals surface area contributed by atoms with Gasteiger partial charge in [0.25, 0.3) is 0 Å². The Labute approximate surface area is 314 Å². The minimum absolute atomic E-state index is 0.864. The predicted molar refractivity (Wildman–Crippen MR) is 228 cm³/mol. The molecule has 0 aliphatic carbocycles. The molecule has 0 bridgehead atoms. The lowest BCUT2D eigenvalue weighted by Gasteiger charge is -2.29. The van der Waals surface area contributed by atoms with Crippen LogP contribution in [0.3, 0.4) is 0 Å². The quantitative estimate of drug-likeness (QED) is 0.166. The summed E-state index contributed by atoms with van der Waals surface area (Å²) in [6.45, 7) is 0. The van der Waals surface area contributed by atoms with Crippen molar-refractivity contribution >= 4 is 49.8 Å². The third-order valence-electron chi connectivity index (χ3n) is 10.5. The second-order valence-corrected chi connectivity index (χ2v) is 13.7. The molecule has 0 aliphatic heterocycles. The fourth-order valence-corrected chi connectivity index (χ4v) is 7.89. The molecule has 0 saturated heterocycles. The zero-order valence-electron chi connectivity index (χ0n) is 29.6. The first kappa shape index (κ1) is 31.6. The summed E-state index contributed by atoms with van der Waals surface area (Å²) in [7, 11) is 0. The van der Waals surface area contributed by atoms with Crippen LogP contribution in [0, 0.1) is 0 Å². The molecular formula is C52H35NO. The van der Waals surface area contributed by atoms with Crippen LogP contribution in [0.4, 0.5) is 17.1 Å². The average molecular weight is 690 g/mol. The summed E-state index contributed by atoms with van der Waals surface area (Å²) in [5.74, 6) is 0. The molecule has 10 aromatic rings. The topological polar surface area (TPSA) is 16.4 Å². The van der Waals surface area contributed by atoms with Gasteiger partial charge in [-0.25, -0.2) is 0 Å². The van der Waals surface area contributed by atoms with E-state index in [1.54, 1.807) is 0 Å². The molecule has 0 spiro atoms. The van der Waals surface area contributed by atoms with E-state index in [9.17, 15) is 0 Å². The van der Waals surface area contributed by atoms with E-state index in [-0.39, 0.29) is 0 Å². The molecule has 2 nitrogen and oxygen atoms in total. The van der Waals surface area contributed by atoms with Gasteiger partial charge < -0.3 is 9.32 Å². The Balaban J connectivity index is 1.16. The molecule has 54 heavy (non-hydrogen) atoms. The third kappa shape index (κ3) is 5.62. The number of fused-ring (bicyclic) bond motifs is 4. The molecular weight excluding hydrogens is 655 g/mol. The SMILES string of the molecule is c1ccc(-c2ccc(-c3ccc(N(c4ccc5c(c4)oc4ccccc45)c4ccc5ccccc5c4-c4ccccc4)cc3)c(-c3ccccc3)c2)cc1. The summed E-state index contributed by atoms with van der Waals surface area (Å²) < 4.78 is 6.45. The van der Waals surface area contributed by atoms with Gasteiger partial charge in [0.05, 0.1) is 5.69 Å². The number of hydrogen-bond acceptors (Lipinski definition) is 2. The molecule has 0 aliphatic rings. The van der Waals surface area contributed by atoms with Crippen LogP contribution in [-0.2, 0) is 0 Å². The van der Waals surface area contributed by atoms with Gasteiger partial charge in [0.1, 0.15) is 11.2 Å². The van der Waals surface area contributed by atoms with Gasteiger partial charge in [-0.1, -0.05) is 164 Å². The van der Waals surface area contributed by atoms with Gasteiger partial charge in [0, 0.05) is 33.8 Å². The standard InChI is InChI=1S/C52H35NO/c1-4-14-36(15-5-1)41-26-31-44(48(34-41)37-16-6-2-7-17-37)39-24-28-42(29-25-39)53(43-30-32-47-46-22-12-13-23-50(46)54-51(47)35-43)49-33-27-38-18-10-11-21-45(38)52(49)40-19-8-3-9-20-40/h1-35H. The molecule has 0 saturated carbocycles. The van der Waals surface area contributed by atoms with Crippen LogP contribution in [0.15, 0.2) is 217 Å². The Morgan fingerprint density at radius 1 is 0.315 bits per heavy atom. The lowest BCUT2D eigenvalue weighted by atomic mass is 9.91. The number of para-hydroxylation sites is 1. The van der Waals surface area contributed by atoms with Gasteiger partial charge in [-0.2, -0.15) is 0 Å². The largest absolute Gasteiger partial charge is 0.456 e. The summed E-state index contributed by atoms with van der Waals surface area (Å²) in [5.41, 5.74) is 14.5. The highest BCUT2D eigenvalue weighted by Crippen LogP contribution is 2.46. The van der Waals surface area contributed by atoms with Gasteiger partial charge in [-0.05, 0) is 92.2 Å². The molecule has 1 heterocycles. The summed E-state index contributed by atoms with van der Waals surface area (Å²) in [5, 5.41) is 4.64. The van der Waals surface area contributed by atoms with Crippen molar-refractivity contribution in [3.8, 4) is 44.5 Å². The summed E-state index contributed by atoms with van der Waals surface area (Å²) in [6.07, 6.45) is 0. The lowest BCUT2D eigenvalue weighted by Crippen LogP contribution is -2.11. The zero-order chi connectivity index (χ0) is 35.8. The Morgan fingerprint density at radius 3 is 1.65 bits per heavy atom. The average Bonchev–Trinajstić information content (AvgIpc) is 3.63. The number of furan rings is 1. The smallest absolute Gasteiger partial charge is 0.137 e. The molecule has 9 aromatic carbocycles. The number of rotatable bonds is 7. The molecule has 10 rings (SSSR count). The van der Waals surface area contributed by atoms with Crippen molar-refractivity contribution in [3.05, 3.63) is 212 Å². The van der Waals surface area contributed by atoms with E-state index in [0.717, 1.165) is 44.6 Å². The molecule has 0 atom stereocenters. The van der Waals surface area contributed by atoms with Crippen molar-refractivity contribution in [3.63, 3.8) is 0 Å². The van der Waals surface area contributed by atoms with Crippen molar-refractivity contribution in [1.29, 1.82) is 0 Å². The number of anilines is 3. The molecule has 0 fully saturated rings. The Kier molecular flexibility index (Phi) is 7.85. The maximum Gasteiger partial charge on any atom is 0.137 e. The van der Waals surface area contributed by atoms with Crippen molar-refractivity contribution < 1.29 is 4.42 Å². The maximum atomic E-state index is 6.45. The second-order valence-electron chi connectivity index (χ2n) is 13.7.